The first kappa shape index (κ1) is 21.0. The van der Waals surface area contributed by atoms with Crippen LogP contribution in [-0.4, -0.2) is 32.8 Å². The Labute approximate surface area is 165 Å². The van der Waals surface area contributed by atoms with Gasteiger partial charge in [0.2, 0.25) is 0 Å². The Hall–Kier alpha value is -0.683. The maximum atomic E-state index is 13.3. The molecule has 5 heteroatoms. The molecule has 0 unspecified atom stereocenters. The van der Waals surface area contributed by atoms with E-state index in [9.17, 15) is 9.59 Å². The molecule has 3 fully saturated rings. The van der Waals surface area contributed by atoms with Gasteiger partial charge in [-0.3, -0.25) is 9.59 Å². The Balaban J connectivity index is 2.04. The van der Waals surface area contributed by atoms with Crippen molar-refractivity contribution in [3.63, 3.8) is 0 Å². The standard InChI is InChI=1S/C22H38O4Si/c1-10-25-17(24)21-14-22(21)19(5,6)12-11-16(20(22,7)13-15(21)23)26-27(8,9)18(2,3)4/h16H,10-14H2,1-9H3/t16-,20+,21-,22-/m1/s1. The fourth-order valence-corrected chi connectivity index (χ4v) is 7.80. The maximum Gasteiger partial charge on any atom is 0.320 e. The summed E-state index contributed by atoms with van der Waals surface area (Å²) < 4.78 is 12.3. The smallest absolute Gasteiger partial charge is 0.320 e. The van der Waals surface area contributed by atoms with E-state index >= 15 is 0 Å². The van der Waals surface area contributed by atoms with Crippen LogP contribution in [0.15, 0.2) is 0 Å². The Morgan fingerprint density at radius 2 is 1.81 bits per heavy atom. The lowest BCUT2D eigenvalue weighted by Crippen LogP contribution is -2.57. The van der Waals surface area contributed by atoms with Gasteiger partial charge in [-0.1, -0.05) is 41.5 Å². The van der Waals surface area contributed by atoms with E-state index in [1.54, 1.807) is 0 Å². The van der Waals surface area contributed by atoms with Gasteiger partial charge in [0.15, 0.2) is 14.1 Å². The summed E-state index contributed by atoms with van der Waals surface area (Å²) in [6.07, 6.45) is 3.06. The average Bonchev–Trinajstić information content (AvgIpc) is 3.18. The topological polar surface area (TPSA) is 52.6 Å². The third kappa shape index (κ3) is 2.36. The maximum absolute atomic E-state index is 13.3. The lowest BCUT2D eigenvalue weighted by atomic mass is 9.52. The van der Waals surface area contributed by atoms with Gasteiger partial charge in [0, 0.05) is 17.3 Å². The Morgan fingerprint density at radius 1 is 1.22 bits per heavy atom. The van der Waals surface area contributed by atoms with Gasteiger partial charge in [-0.25, -0.2) is 0 Å². The van der Waals surface area contributed by atoms with Gasteiger partial charge < -0.3 is 9.16 Å². The highest BCUT2D eigenvalue weighted by atomic mass is 28.4. The first-order valence-electron chi connectivity index (χ1n) is 10.5. The number of ketones is 1. The fraction of sp³-hybridized carbons (Fsp3) is 0.909. The fourth-order valence-electron chi connectivity index (χ4n) is 6.35. The summed E-state index contributed by atoms with van der Waals surface area (Å²) in [5.74, 6) is -0.206. The summed E-state index contributed by atoms with van der Waals surface area (Å²) in [6, 6.07) is 0. The molecule has 0 aliphatic heterocycles. The van der Waals surface area contributed by atoms with Gasteiger partial charge >= 0.3 is 5.97 Å². The second-order valence-corrected chi connectivity index (χ2v) is 16.3. The molecule has 4 nitrogen and oxygen atoms in total. The van der Waals surface area contributed by atoms with Gasteiger partial charge in [0.25, 0.3) is 0 Å². The average molecular weight is 395 g/mol. The molecule has 154 valence electrons. The second-order valence-electron chi connectivity index (χ2n) is 11.5. The van der Waals surface area contributed by atoms with E-state index in [-0.39, 0.29) is 39.1 Å². The molecule has 0 bridgehead atoms. The quantitative estimate of drug-likeness (QED) is 0.377. The number of carbonyl (C=O) groups excluding carboxylic acids is 2. The highest BCUT2D eigenvalue weighted by Gasteiger charge is 2.91. The molecular weight excluding hydrogens is 356 g/mol. The predicted octanol–water partition coefficient (Wildman–Crippen LogP) is 5.12. The van der Waals surface area contributed by atoms with E-state index < -0.39 is 13.7 Å². The summed E-state index contributed by atoms with van der Waals surface area (Å²) in [5, 5.41) is 0.119. The van der Waals surface area contributed by atoms with Crippen LogP contribution in [0.2, 0.25) is 18.1 Å². The van der Waals surface area contributed by atoms with E-state index in [0.29, 0.717) is 19.4 Å². The molecule has 3 saturated carbocycles. The first-order chi connectivity index (χ1) is 12.1. The lowest BCUT2D eigenvalue weighted by molar-refractivity contribution is -0.158. The van der Waals surface area contributed by atoms with E-state index in [1.165, 1.54) is 0 Å². The van der Waals surface area contributed by atoms with Crippen LogP contribution in [0.5, 0.6) is 0 Å². The van der Waals surface area contributed by atoms with Crippen LogP contribution in [0.1, 0.15) is 74.1 Å². The molecule has 4 atom stereocenters. The summed E-state index contributed by atoms with van der Waals surface area (Å²) >= 11 is 0. The van der Waals surface area contributed by atoms with Crippen molar-refractivity contribution in [1.29, 1.82) is 0 Å². The predicted molar refractivity (Wildman–Crippen MR) is 109 cm³/mol. The minimum Gasteiger partial charge on any atom is -0.465 e. The number of Topliss-reactive ketones (excluding diaryl/α,β-unsaturated/α-hetero) is 1. The van der Waals surface area contributed by atoms with Crippen LogP contribution in [0.25, 0.3) is 0 Å². The largest absolute Gasteiger partial charge is 0.465 e. The van der Waals surface area contributed by atoms with Gasteiger partial charge in [-0.05, 0) is 49.7 Å². The normalized spacial score (nSPS) is 40.3. The highest BCUT2D eigenvalue weighted by molar-refractivity contribution is 6.74. The molecule has 3 aliphatic rings. The third-order valence-electron chi connectivity index (χ3n) is 8.88. The highest BCUT2D eigenvalue weighted by Crippen LogP contribution is 2.87. The first-order valence-corrected chi connectivity index (χ1v) is 13.4. The summed E-state index contributed by atoms with van der Waals surface area (Å²) in [6.45, 7) is 20.2. The summed E-state index contributed by atoms with van der Waals surface area (Å²) in [4.78, 5) is 26.2. The number of hydrogen-bond acceptors (Lipinski definition) is 4. The number of rotatable bonds is 4. The zero-order valence-electron chi connectivity index (χ0n) is 18.7. The molecule has 0 saturated heterocycles. The number of ether oxygens (including phenoxy) is 1. The molecular formula is C22H38O4Si. The van der Waals surface area contributed by atoms with Crippen molar-refractivity contribution < 1.29 is 18.8 Å². The van der Waals surface area contributed by atoms with E-state index in [0.717, 1.165) is 12.8 Å². The SMILES string of the molecule is CCOC(=O)[C@]12C[C@]13C(C)(C)CC[C@@H](O[Si](C)(C)C(C)(C)C)[C@]3(C)CC2=O. The van der Waals surface area contributed by atoms with Crippen LogP contribution in [-0.2, 0) is 18.8 Å². The van der Waals surface area contributed by atoms with Crippen molar-refractivity contribution in [3.8, 4) is 0 Å². The van der Waals surface area contributed by atoms with Crippen LogP contribution in [0.3, 0.4) is 0 Å². The minimum absolute atomic E-state index is 0.0363. The molecule has 0 amide bonds. The van der Waals surface area contributed by atoms with Crippen LogP contribution >= 0.6 is 0 Å². The lowest BCUT2D eigenvalue weighted by Gasteiger charge is -2.56. The molecule has 0 radical (unpaired) electrons. The van der Waals surface area contributed by atoms with Crippen LogP contribution in [0.4, 0.5) is 0 Å². The third-order valence-corrected chi connectivity index (χ3v) is 13.4. The van der Waals surface area contributed by atoms with E-state index in [1.807, 2.05) is 6.92 Å². The number of hydrogen-bond donors (Lipinski definition) is 0. The van der Waals surface area contributed by atoms with Crippen molar-refractivity contribution in [2.45, 2.75) is 98.4 Å². The van der Waals surface area contributed by atoms with Gasteiger partial charge in [0.1, 0.15) is 5.41 Å². The molecule has 0 N–H and O–H groups in total. The van der Waals surface area contributed by atoms with Gasteiger partial charge in [-0.2, -0.15) is 0 Å². The molecule has 0 aromatic heterocycles. The van der Waals surface area contributed by atoms with Crippen LogP contribution < -0.4 is 0 Å². The zero-order chi connectivity index (χ0) is 20.7. The van der Waals surface area contributed by atoms with Crippen molar-refractivity contribution in [2.75, 3.05) is 6.61 Å². The van der Waals surface area contributed by atoms with Crippen molar-refractivity contribution >= 4 is 20.1 Å². The molecule has 3 rings (SSSR count). The monoisotopic (exact) mass is 394 g/mol. The molecule has 0 aromatic rings. The van der Waals surface area contributed by atoms with Crippen LogP contribution in [0, 0.1) is 21.7 Å². The molecule has 0 aromatic carbocycles. The van der Waals surface area contributed by atoms with Crippen molar-refractivity contribution in [1.82, 2.24) is 0 Å². The molecule has 0 heterocycles. The summed E-state index contributed by atoms with van der Waals surface area (Å²) in [5.41, 5.74) is -1.64. The number of carbonyl (C=O) groups is 2. The zero-order valence-corrected chi connectivity index (χ0v) is 19.7. The van der Waals surface area contributed by atoms with Crippen molar-refractivity contribution in [2.24, 2.45) is 21.7 Å². The molecule has 1 spiro atoms. The molecule has 3 aliphatic carbocycles. The summed E-state index contributed by atoms with van der Waals surface area (Å²) in [7, 11) is -1.98. The Bertz CT molecular complexity index is 676. The van der Waals surface area contributed by atoms with Gasteiger partial charge in [0.05, 0.1) is 12.7 Å². The second kappa shape index (κ2) is 5.68. The van der Waals surface area contributed by atoms with E-state index in [2.05, 4.69) is 54.6 Å². The minimum atomic E-state index is -1.98. The molecule has 27 heavy (non-hydrogen) atoms. The van der Waals surface area contributed by atoms with E-state index in [4.69, 9.17) is 9.16 Å². The Kier molecular flexibility index (Phi) is 4.43. The van der Waals surface area contributed by atoms with Gasteiger partial charge in [-0.15, -0.1) is 0 Å². The van der Waals surface area contributed by atoms with Crippen molar-refractivity contribution in [3.05, 3.63) is 0 Å². The number of esters is 1. The Morgan fingerprint density at radius 3 is 2.33 bits per heavy atom.